The summed E-state index contributed by atoms with van der Waals surface area (Å²) in [4.78, 5) is 4.02. The topological polar surface area (TPSA) is 67.6 Å². The van der Waals surface area contributed by atoms with Crippen molar-refractivity contribution in [3.05, 3.63) is 48.0 Å². The Morgan fingerprint density at radius 2 is 2.33 bits per heavy atom. The molecule has 1 aromatic heterocycles. The van der Waals surface area contributed by atoms with E-state index in [2.05, 4.69) is 11.1 Å². The van der Waals surface area contributed by atoms with Crippen molar-refractivity contribution >= 4 is 0 Å². The molecule has 4 heteroatoms. The van der Waals surface area contributed by atoms with Crippen molar-refractivity contribution in [2.75, 3.05) is 0 Å². The number of aromatic nitrogens is 2. The molecule has 0 bridgehead atoms. The molecule has 0 amide bonds. The molecule has 15 heavy (non-hydrogen) atoms. The van der Waals surface area contributed by atoms with E-state index >= 15 is 0 Å². The van der Waals surface area contributed by atoms with Gasteiger partial charge in [0.25, 0.3) is 0 Å². The molecule has 0 aliphatic heterocycles. The molecule has 0 radical (unpaired) electrons. The minimum atomic E-state index is 0.427. The highest BCUT2D eigenvalue weighted by molar-refractivity contribution is 5.42. The van der Waals surface area contributed by atoms with Crippen LogP contribution in [0.25, 0.3) is 5.69 Å². The lowest BCUT2D eigenvalue weighted by atomic mass is 10.2. The van der Waals surface area contributed by atoms with Crippen LogP contribution < -0.4 is 5.73 Å². The Morgan fingerprint density at radius 3 is 3.07 bits per heavy atom. The van der Waals surface area contributed by atoms with Gasteiger partial charge in [0.1, 0.15) is 0 Å². The van der Waals surface area contributed by atoms with Gasteiger partial charge < -0.3 is 10.3 Å². The van der Waals surface area contributed by atoms with E-state index in [-0.39, 0.29) is 0 Å². The molecule has 0 spiro atoms. The summed E-state index contributed by atoms with van der Waals surface area (Å²) in [5, 5.41) is 8.79. The molecule has 0 atom stereocenters. The number of hydrogen-bond acceptors (Lipinski definition) is 3. The maximum Gasteiger partial charge on any atom is 0.0994 e. The standard InChI is InChI=1S/C11H10N4/c12-5-9-2-1-3-10(4-9)15-8-14-7-11(15)6-13/h1-4,7-8H,6,13H2. The maximum atomic E-state index is 8.79. The third kappa shape index (κ3) is 1.73. The fourth-order valence-corrected chi connectivity index (χ4v) is 1.43. The highest BCUT2D eigenvalue weighted by Gasteiger charge is 2.02. The molecule has 2 aromatic rings. The van der Waals surface area contributed by atoms with E-state index in [0.717, 1.165) is 11.4 Å². The second kappa shape index (κ2) is 3.95. The molecule has 1 heterocycles. The molecule has 2 N–H and O–H groups in total. The third-order valence-corrected chi connectivity index (χ3v) is 2.18. The molecule has 74 valence electrons. The summed E-state index contributed by atoms with van der Waals surface area (Å²) in [7, 11) is 0. The molecule has 0 saturated carbocycles. The summed E-state index contributed by atoms with van der Waals surface area (Å²) in [6, 6.07) is 9.43. The average molecular weight is 198 g/mol. The van der Waals surface area contributed by atoms with Crippen LogP contribution in [0.1, 0.15) is 11.3 Å². The summed E-state index contributed by atoms with van der Waals surface area (Å²) in [6.45, 7) is 0.427. The molecule has 0 fully saturated rings. The van der Waals surface area contributed by atoms with Gasteiger partial charge in [0.15, 0.2) is 0 Å². The first-order valence-electron chi connectivity index (χ1n) is 4.57. The van der Waals surface area contributed by atoms with Crippen LogP contribution in [0, 0.1) is 11.3 Å². The van der Waals surface area contributed by atoms with Gasteiger partial charge in [0.2, 0.25) is 0 Å². The van der Waals surface area contributed by atoms with Crippen LogP contribution in [0.15, 0.2) is 36.8 Å². The van der Waals surface area contributed by atoms with Crippen molar-refractivity contribution in [1.29, 1.82) is 5.26 Å². The largest absolute Gasteiger partial charge is 0.325 e. The van der Waals surface area contributed by atoms with Crippen molar-refractivity contribution < 1.29 is 0 Å². The van der Waals surface area contributed by atoms with Gasteiger partial charge in [0.05, 0.1) is 23.7 Å². The number of benzene rings is 1. The van der Waals surface area contributed by atoms with Crippen LogP contribution in [0.3, 0.4) is 0 Å². The Bertz CT molecular complexity index is 507. The van der Waals surface area contributed by atoms with Crippen molar-refractivity contribution in [2.45, 2.75) is 6.54 Å². The second-order valence-electron chi connectivity index (χ2n) is 3.12. The maximum absolute atomic E-state index is 8.79. The number of nitrogens with two attached hydrogens (primary N) is 1. The number of nitrogens with zero attached hydrogens (tertiary/aromatic N) is 3. The molecular weight excluding hydrogens is 188 g/mol. The van der Waals surface area contributed by atoms with Crippen LogP contribution in [0.2, 0.25) is 0 Å². The van der Waals surface area contributed by atoms with Gasteiger partial charge in [-0.3, -0.25) is 0 Å². The highest BCUT2D eigenvalue weighted by atomic mass is 15.1. The van der Waals surface area contributed by atoms with Gasteiger partial charge >= 0.3 is 0 Å². The van der Waals surface area contributed by atoms with Crippen molar-refractivity contribution in [1.82, 2.24) is 9.55 Å². The summed E-state index contributed by atoms with van der Waals surface area (Å²) < 4.78 is 1.88. The fourth-order valence-electron chi connectivity index (χ4n) is 1.43. The van der Waals surface area contributed by atoms with Crippen LogP contribution in [-0.4, -0.2) is 9.55 Å². The summed E-state index contributed by atoms with van der Waals surface area (Å²) in [6.07, 6.45) is 3.41. The summed E-state index contributed by atoms with van der Waals surface area (Å²) >= 11 is 0. The van der Waals surface area contributed by atoms with Crippen LogP contribution >= 0.6 is 0 Å². The van der Waals surface area contributed by atoms with E-state index in [0.29, 0.717) is 12.1 Å². The predicted molar refractivity (Wildman–Crippen MR) is 56.2 cm³/mol. The smallest absolute Gasteiger partial charge is 0.0994 e. The zero-order valence-corrected chi connectivity index (χ0v) is 8.09. The quantitative estimate of drug-likeness (QED) is 0.788. The molecule has 0 aliphatic rings. The van der Waals surface area contributed by atoms with Crippen LogP contribution in [-0.2, 0) is 6.54 Å². The van der Waals surface area contributed by atoms with Gasteiger partial charge in [0, 0.05) is 18.4 Å². The minimum Gasteiger partial charge on any atom is -0.325 e. The fraction of sp³-hybridized carbons (Fsp3) is 0.0909. The zero-order chi connectivity index (χ0) is 10.7. The molecule has 0 aliphatic carbocycles. The average Bonchev–Trinajstić information content (AvgIpc) is 2.77. The normalized spacial score (nSPS) is 9.87. The van der Waals surface area contributed by atoms with Crippen LogP contribution in [0.5, 0.6) is 0 Å². The van der Waals surface area contributed by atoms with Crippen molar-refractivity contribution in [3.8, 4) is 11.8 Å². The van der Waals surface area contributed by atoms with E-state index in [4.69, 9.17) is 11.0 Å². The summed E-state index contributed by atoms with van der Waals surface area (Å²) in [5.41, 5.74) is 8.04. The van der Waals surface area contributed by atoms with E-state index < -0.39 is 0 Å². The number of rotatable bonds is 2. The summed E-state index contributed by atoms with van der Waals surface area (Å²) in [5.74, 6) is 0. The number of hydrogen-bond donors (Lipinski definition) is 1. The SMILES string of the molecule is N#Cc1cccc(-n2cncc2CN)c1. The Morgan fingerprint density at radius 1 is 1.47 bits per heavy atom. The number of imidazole rings is 1. The van der Waals surface area contributed by atoms with Gasteiger partial charge in [-0.1, -0.05) is 6.07 Å². The van der Waals surface area contributed by atoms with Crippen molar-refractivity contribution in [2.24, 2.45) is 5.73 Å². The zero-order valence-electron chi connectivity index (χ0n) is 8.09. The Hall–Kier alpha value is -2.12. The second-order valence-corrected chi connectivity index (χ2v) is 3.12. The Labute approximate surface area is 87.6 Å². The first-order valence-corrected chi connectivity index (χ1v) is 4.57. The predicted octanol–water partition coefficient (Wildman–Crippen LogP) is 1.20. The first kappa shape index (κ1) is 9.44. The van der Waals surface area contributed by atoms with E-state index in [1.54, 1.807) is 24.7 Å². The first-order chi connectivity index (χ1) is 7.35. The molecule has 2 rings (SSSR count). The molecule has 0 saturated heterocycles. The van der Waals surface area contributed by atoms with Gasteiger partial charge in [-0.25, -0.2) is 4.98 Å². The van der Waals surface area contributed by atoms with E-state index in [1.807, 2.05) is 16.7 Å². The molecule has 4 nitrogen and oxygen atoms in total. The molecule has 1 aromatic carbocycles. The lowest BCUT2D eigenvalue weighted by molar-refractivity contribution is 0.910. The minimum absolute atomic E-state index is 0.427. The highest BCUT2D eigenvalue weighted by Crippen LogP contribution is 2.12. The third-order valence-electron chi connectivity index (χ3n) is 2.18. The Balaban J connectivity index is 2.50. The van der Waals surface area contributed by atoms with Gasteiger partial charge in [-0.05, 0) is 18.2 Å². The van der Waals surface area contributed by atoms with E-state index in [1.165, 1.54) is 0 Å². The lowest BCUT2D eigenvalue weighted by Crippen LogP contribution is -2.04. The Kier molecular flexibility index (Phi) is 2.48. The number of nitriles is 1. The van der Waals surface area contributed by atoms with Gasteiger partial charge in [-0.15, -0.1) is 0 Å². The molecular formula is C11H10N4. The van der Waals surface area contributed by atoms with Gasteiger partial charge in [-0.2, -0.15) is 5.26 Å². The molecule has 0 unspecified atom stereocenters. The van der Waals surface area contributed by atoms with Crippen molar-refractivity contribution in [3.63, 3.8) is 0 Å². The lowest BCUT2D eigenvalue weighted by Gasteiger charge is -2.06. The monoisotopic (exact) mass is 198 g/mol. The van der Waals surface area contributed by atoms with Crippen LogP contribution in [0.4, 0.5) is 0 Å². The van der Waals surface area contributed by atoms with E-state index in [9.17, 15) is 0 Å².